The van der Waals surface area contributed by atoms with Crippen LogP contribution in [0, 0.1) is 0 Å². The van der Waals surface area contributed by atoms with Crippen molar-refractivity contribution in [3.8, 4) is 23.0 Å². The molecule has 0 atom stereocenters. The predicted molar refractivity (Wildman–Crippen MR) is 119 cm³/mol. The Labute approximate surface area is 185 Å². The highest BCUT2D eigenvalue weighted by molar-refractivity contribution is 6.09. The number of nitrogens with zero attached hydrogens (tertiary/aromatic N) is 1. The minimum Gasteiger partial charge on any atom is -0.496 e. The number of hydrogen-bond donors (Lipinski definition) is 2. The van der Waals surface area contributed by atoms with Gasteiger partial charge in [0, 0.05) is 0 Å². The van der Waals surface area contributed by atoms with Gasteiger partial charge in [0.1, 0.15) is 45.8 Å². The van der Waals surface area contributed by atoms with Gasteiger partial charge in [-0.25, -0.2) is 4.98 Å². The van der Waals surface area contributed by atoms with E-state index in [1.165, 1.54) is 28.4 Å². The van der Waals surface area contributed by atoms with E-state index in [4.69, 9.17) is 18.9 Å². The monoisotopic (exact) mass is 437 g/mol. The number of anilines is 2. The van der Waals surface area contributed by atoms with E-state index >= 15 is 0 Å². The van der Waals surface area contributed by atoms with Gasteiger partial charge in [0.25, 0.3) is 11.8 Å². The lowest BCUT2D eigenvalue weighted by Crippen LogP contribution is -2.18. The van der Waals surface area contributed by atoms with E-state index in [2.05, 4.69) is 15.6 Å². The van der Waals surface area contributed by atoms with Crippen LogP contribution in [0.2, 0.25) is 0 Å². The van der Waals surface area contributed by atoms with Crippen LogP contribution in [0.5, 0.6) is 23.0 Å². The van der Waals surface area contributed by atoms with Gasteiger partial charge in [0.05, 0.1) is 28.4 Å². The van der Waals surface area contributed by atoms with Crippen molar-refractivity contribution in [1.29, 1.82) is 0 Å². The van der Waals surface area contributed by atoms with E-state index < -0.39 is 11.8 Å². The Morgan fingerprint density at radius 1 is 0.594 bits per heavy atom. The second-order valence-corrected chi connectivity index (χ2v) is 6.39. The van der Waals surface area contributed by atoms with Crippen LogP contribution < -0.4 is 29.6 Å². The highest BCUT2D eigenvalue weighted by Crippen LogP contribution is 2.30. The van der Waals surface area contributed by atoms with Crippen LogP contribution in [0.4, 0.5) is 11.6 Å². The maximum atomic E-state index is 12.9. The molecule has 0 aliphatic carbocycles. The molecule has 0 aliphatic rings. The molecule has 1 aromatic heterocycles. The Morgan fingerprint density at radius 2 is 0.906 bits per heavy atom. The summed E-state index contributed by atoms with van der Waals surface area (Å²) in [7, 11) is 5.86. The number of nitrogens with one attached hydrogen (secondary N) is 2. The quantitative estimate of drug-likeness (QED) is 0.554. The molecule has 0 spiro atoms. The zero-order valence-corrected chi connectivity index (χ0v) is 18.1. The van der Waals surface area contributed by atoms with Gasteiger partial charge in [-0.05, 0) is 36.4 Å². The van der Waals surface area contributed by atoms with Gasteiger partial charge < -0.3 is 29.6 Å². The SMILES string of the molecule is COc1cccc(OC)c1C(=O)Nc1cccc(NC(=O)c2c(OC)cccc2OC)n1. The maximum absolute atomic E-state index is 12.9. The maximum Gasteiger partial charge on any atom is 0.264 e. The highest BCUT2D eigenvalue weighted by Gasteiger charge is 2.20. The Balaban J connectivity index is 1.83. The molecule has 9 nitrogen and oxygen atoms in total. The first kappa shape index (κ1) is 22.4. The fourth-order valence-corrected chi connectivity index (χ4v) is 3.08. The molecule has 0 bridgehead atoms. The first-order valence-electron chi connectivity index (χ1n) is 9.54. The minimum absolute atomic E-state index is 0.229. The lowest BCUT2D eigenvalue weighted by atomic mass is 10.1. The number of amides is 2. The highest BCUT2D eigenvalue weighted by atomic mass is 16.5. The molecular weight excluding hydrogens is 414 g/mol. The second-order valence-electron chi connectivity index (χ2n) is 6.39. The number of pyridine rings is 1. The van der Waals surface area contributed by atoms with Crippen molar-refractivity contribution in [2.24, 2.45) is 0 Å². The molecule has 2 N–H and O–H groups in total. The van der Waals surface area contributed by atoms with Crippen LogP contribution in [0.15, 0.2) is 54.6 Å². The first-order chi connectivity index (χ1) is 15.5. The molecule has 166 valence electrons. The zero-order chi connectivity index (χ0) is 23.1. The smallest absolute Gasteiger partial charge is 0.264 e. The zero-order valence-electron chi connectivity index (χ0n) is 18.1. The van der Waals surface area contributed by atoms with Gasteiger partial charge in [-0.15, -0.1) is 0 Å². The van der Waals surface area contributed by atoms with Crippen molar-refractivity contribution in [3.63, 3.8) is 0 Å². The predicted octanol–water partition coefficient (Wildman–Crippen LogP) is 3.62. The van der Waals surface area contributed by atoms with Crippen molar-refractivity contribution < 1.29 is 28.5 Å². The molecule has 1 heterocycles. The van der Waals surface area contributed by atoms with Gasteiger partial charge in [-0.3, -0.25) is 9.59 Å². The third kappa shape index (κ3) is 4.72. The topological polar surface area (TPSA) is 108 Å². The molecule has 3 rings (SSSR count). The van der Waals surface area contributed by atoms with Gasteiger partial charge in [-0.2, -0.15) is 0 Å². The number of methoxy groups -OCH3 is 4. The van der Waals surface area contributed by atoms with E-state index in [1.54, 1.807) is 54.6 Å². The number of aromatic nitrogens is 1. The third-order valence-electron chi connectivity index (χ3n) is 4.54. The van der Waals surface area contributed by atoms with Crippen LogP contribution in [0.25, 0.3) is 0 Å². The Bertz CT molecular complexity index is 1000. The minimum atomic E-state index is -0.471. The standard InChI is InChI=1S/C23H23N3O6/c1-29-14-8-5-9-15(30-2)20(14)22(27)25-18-12-7-13-19(24-18)26-23(28)21-16(31-3)10-6-11-17(21)32-4/h5-13H,1-4H3,(H2,24,25,26,27,28). The average molecular weight is 437 g/mol. The summed E-state index contributed by atoms with van der Waals surface area (Å²) >= 11 is 0. The lowest BCUT2D eigenvalue weighted by Gasteiger charge is -2.14. The molecule has 0 aliphatic heterocycles. The molecule has 2 amide bonds. The summed E-state index contributed by atoms with van der Waals surface area (Å²) in [5.41, 5.74) is 0.458. The summed E-state index contributed by atoms with van der Waals surface area (Å²) in [6.07, 6.45) is 0. The molecule has 0 radical (unpaired) electrons. The second kappa shape index (κ2) is 10.2. The van der Waals surface area contributed by atoms with Crippen molar-refractivity contribution in [3.05, 3.63) is 65.7 Å². The van der Waals surface area contributed by atoms with Crippen molar-refractivity contribution >= 4 is 23.5 Å². The lowest BCUT2D eigenvalue weighted by molar-refractivity contribution is 0.101. The van der Waals surface area contributed by atoms with Crippen molar-refractivity contribution in [2.45, 2.75) is 0 Å². The van der Waals surface area contributed by atoms with Crippen LogP contribution in [-0.4, -0.2) is 45.2 Å². The number of rotatable bonds is 8. The number of hydrogen-bond acceptors (Lipinski definition) is 7. The largest absolute Gasteiger partial charge is 0.496 e. The first-order valence-corrected chi connectivity index (χ1v) is 9.54. The normalized spacial score (nSPS) is 10.1. The van der Waals surface area contributed by atoms with Crippen molar-refractivity contribution in [1.82, 2.24) is 4.98 Å². The van der Waals surface area contributed by atoms with Crippen LogP contribution in [-0.2, 0) is 0 Å². The molecule has 0 saturated carbocycles. The van der Waals surface area contributed by atoms with E-state index in [0.717, 1.165) is 0 Å². The number of carbonyl (C=O) groups is 2. The van der Waals surface area contributed by atoms with Gasteiger partial charge >= 0.3 is 0 Å². The van der Waals surface area contributed by atoms with Crippen LogP contribution in [0.3, 0.4) is 0 Å². The van der Waals surface area contributed by atoms with Gasteiger partial charge in [0.15, 0.2) is 0 Å². The molecule has 0 fully saturated rings. The van der Waals surface area contributed by atoms with E-state index in [1.807, 2.05) is 0 Å². The summed E-state index contributed by atoms with van der Waals surface area (Å²) in [6, 6.07) is 14.9. The van der Waals surface area contributed by atoms with Crippen molar-refractivity contribution in [2.75, 3.05) is 39.1 Å². The van der Waals surface area contributed by atoms with Gasteiger partial charge in [0.2, 0.25) is 0 Å². The summed E-state index contributed by atoms with van der Waals surface area (Å²) in [5.74, 6) is 0.942. The molecule has 2 aromatic carbocycles. The third-order valence-corrected chi connectivity index (χ3v) is 4.54. The molecule has 32 heavy (non-hydrogen) atoms. The summed E-state index contributed by atoms with van der Waals surface area (Å²) in [4.78, 5) is 30.0. The summed E-state index contributed by atoms with van der Waals surface area (Å²) in [6.45, 7) is 0. The summed E-state index contributed by atoms with van der Waals surface area (Å²) in [5, 5.41) is 5.39. The van der Waals surface area contributed by atoms with E-state index in [-0.39, 0.29) is 22.8 Å². The van der Waals surface area contributed by atoms with Crippen LogP contribution >= 0.6 is 0 Å². The number of carbonyl (C=O) groups excluding carboxylic acids is 2. The molecule has 0 saturated heterocycles. The Morgan fingerprint density at radius 3 is 1.22 bits per heavy atom. The molecule has 9 heteroatoms. The number of benzene rings is 2. The number of ether oxygens (including phenoxy) is 4. The van der Waals surface area contributed by atoms with E-state index in [9.17, 15) is 9.59 Å². The molecule has 3 aromatic rings. The fourth-order valence-electron chi connectivity index (χ4n) is 3.08. The fraction of sp³-hybridized carbons (Fsp3) is 0.174. The molecule has 0 unspecified atom stereocenters. The average Bonchev–Trinajstić information content (AvgIpc) is 2.82. The summed E-state index contributed by atoms with van der Waals surface area (Å²) < 4.78 is 21.1. The Kier molecular flexibility index (Phi) is 7.12. The molecular formula is C23H23N3O6. The van der Waals surface area contributed by atoms with Crippen LogP contribution in [0.1, 0.15) is 20.7 Å². The van der Waals surface area contributed by atoms with Gasteiger partial charge in [-0.1, -0.05) is 18.2 Å². The Hall–Kier alpha value is -4.27. The van der Waals surface area contributed by atoms with E-state index in [0.29, 0.717) is 23.0 Å².